The first-order valence-corrected chi connectivity index (χ1v) is 11.1. The number of methoxy groups -OCH3 is 1. The Morgan fingerprint density at radius 2 is 1.53 bits per heavy atom. The number of benzene rings is 3. The summed E-state index contributed by atoms with van der Waals surface area (Å²) in [6.07, 6.45) is 1.53. The molecule has 0 amide bonds. The Morgan fingerprint density at radius 3 is 2.16 bits per heavy atom. The Bertz CT molecular complexity index is 1310. The minimum atomic E-state index is -4.00. The molecule has 0 aliphatic carbocycles. The summed E-state index contributed by atoms with van der Waals surface area (Å²) >= 11 is 5.87. The average molecular weight is 470 g/mol. The number of carbonyl (C=O) groups excluding carboxylic acids is 1. The molecule has 4 rings (SSSR count). The van der Waals surface area contributed by atoms with Gasteiger partial charge in [0.1, 0.15) is 16.4 Å². The molecule has 0 atom stereocenters. The molecule has 0 radical (unpaired) electrons. The van der Waals surface area contributed by atoms with Gasteiger partial charge in [0.15, 0.2) is 5.70 Å². The second-order valence-corrected chi connectivity index (χ2v) is 8.61. The van der Waals surface area contributed by atoms with Crippen LogP contribution in [0.4, 0.5) is 0 Å². The van der Waals surface area contributed by atoms with E-state index >= 15 is 0 Å². The van der Waals surface area contributed by atoms with Crippen LogP contribution in [0.1, 0.15) is 11.1 Å². The molecule has 0 aromatic heterocycles. The second-order valence-electron chi connectivity index (χ2n) is 6.62. The molecule has 32 heavy (non-hydrogen) atoms. The predicted octanol–water partition coefficient (Wildman–Crippen LogP) is 4.46. The van der Waals surface area contributed by atoms with Crippen LogP contribution in [0, 0.1) is 0 Å². The van der Waals surface area contributed by atoms with Crippen molar-refractivity contribution in [1.29, 1.82) is 0 Å². The van der Waals surface area contributed by atoms with E-state index in [0.717, 1.165) is 0 Å². The molecule has 1 heterocycles. The summed E-state index contributed by atoms with van der Waals surface area (Å²) in [6.45, 7) is 0. The van der Waals surface area contributed by atoms with Crippen LogP contribution in [0.3, 0.4) is 0 Å². The third-order valence-electron chi connectivity index (χ3n) is 4.45. The largest absolute Gasteiger partial charge is 0.497 e. The summed E-state index contributed by atoms with van der Waals surface area (Å²) in [6, 6.07) is 18.8. The number of ether oxygens (including phenoxy) is 2. The summed E-state index contributed by atoms with van der Waals surface area (Å²) in [5.41, 5.74) is 1.36. The molecule has 0 N–H and O–H groups in total. The predicted molar refractivity (Wildman–Crippen MR) is 119 cm³/mol. The molecule has 0 spiro atoms. The number of cyclic esters (lactones) is 1. The average Bonchev–Trinajstić information content (AvgIpc) is 3.15. The maximum Gasteiger partial charge on any atom is 0.363 e. The van der Waals surface area contributed by atoms with Gasteiger partial charge in [-0.1, -0.05) is 23.7 Å². The van der Waals surface area contributed by atoms with Gasteiger partial charge in [-0.2, -0.15) is 8.42 Å². The molecular weight excluding hydrogens is 454 g/mol. The third-order valence-corrected chi connectivity index (χ3v) is 5.96. The van der Waals surface area contributed by atoms with Gasteiger partial charge in [-0.3, -0.25) is 0 Å². The molecule has 0 bridgehead atoms. The van der Waals surface area contributed by atoms with E-state index in [1.54, 1.807) is 36.4 Å². The van der Waals surface area contributed by atoms with Gasteiger partial charge in [0.05, 0.1) is 7.11 Å². The van der Waals surface area contributed by atoms with Gasteiger partial charge in [0.25, 0.3) is 0 Å². The van der Waals surface area contributed by atoms with E-state index in [1.165, 1.54) is 49.6 Å². The highest BCUT2D eigenvalue weighted by Gasteiger charge is 2.24. The zero-order chi connectivity index (χ0) is 22.7. The fraction of sp³-hybridized carbons (Fsp3) is 0.0435. The molecule has 162 valence electrons. The zero-order valence-corrected chi connectivity index (χ0v) is 18.3. The van der Waals surface area contributed by atoms with Crippen molar-refractivity contribution in [3.63, 3.8) is 0 Å². The molecule has 0 unspecified atom stereocenters. The van der Waals surface area contributed by atoms with Crippen molar-refractivity contribution in [2.75, 3.05) is 7.11 Å². The topological polar surface area (TPSA) is 91.3 Å². The maximum atomic E-state index is 12.4. The lowest BCUT2D eigenvalue weighted by molar-refractivity contribution is -0.129. The Labute approximate surface area is 189 Å². The molecule has 3 aromatic rings. The standard InChI is InChI=1S/C23H16ClNO6S/c1-29-18-10-12-20(13-11-18)32(27,28)31-19-8-2-15(3-9-19)14-21-23(26)30-22(25-21)16-4-6-17(24)7-5-16/h2-14H,1H3. The molecule has 0 fully saturated rings. The highest BCUT2D eigenvalue weighted by molar-refractivity contribution is 7.87. The highest BCUT2D eigenvalue weighted by Crippen LogP contribution is 2.24. The van der Waals surface area contributed by atoms with Gasteiger partial charge in [0.2, 0.25) is 5.90 Å². The summed E-state index contributed by atoms with van der Waals surface area (Å²) < 4.78 is 40.3. The normalized spacial score (nSPS) is 14.8. The zero-order valence-electron chi connectivity index (χ0n) is 16.7. The van der Waals surface area contributed by atoms with E-state index < -0.39 is 16.1 Å². The van der Waals surface area contributed by atoms with Crippen LogP contribution in [-0.4, -0.2) is 27.4 Å². The first-order valence-electron chi connectivity index (χ1n) is 9.31. The van der Waals surface area contributed by atoms with E-state index in [9.17, 15) is 13.2 Å². The first-order chi connectivity index (χ1) is 15.3. The van der Waals surface area contributed by atoms with Gasteiger partial charge < -0.3 is 13.7 Å². The van der Waals surface area contributed by atoms with Gasteiger partial charge >= 0.3 is 16.1 Å². The monoisotopic (exact) mass is 469 g/mol. The van der Waals surface area contributed by atoms with Crippen LogP contribution in [0.2, 0.25) is 5.02 Å². The smallest absolute Gasteiger partial charge is 0.363 e. The molecule has 1 aliphatic rings. The molecule has 7 nitrogen and oxygen atoms in total. The van der Waals surface area contributed by atoms with Crippen LogP contribution in [0.25, 0.3) is 6.08 Å². The Morgan fingerprint density at radius 1 is 0.906 bits per heavy atom. The Hall–Kier alpha value is -3.62. The highest BCUT2D eigenvalue weighted by atomic mass is 35.5. The fourth-order valence-corrected chi connectivity index (χ4v) is 3.88. The number of halogens is 1. The number of rotatable bonds is 6. The van der Waals surface area contributed by atoms with E-state index in [-0.39, 0.29) is 22.2 Å². The number of aliphatic imine (C=N–C) groups is 1. The Kier molecular flexibility index (Phi) is 5.98. The van der Waals surface area contributed by atoms with Crippen molar-refractivity contribution in [2.24, 2.45) is 4.99 Å². The van der Waals surface area contributed by atoms with Crippen LogP contribution in [-0.2, 0) is 19.6 Å². The van der Waals surface area contributed by atoms with E-state index in [4.69, 9.17) is 25.3 Å². The van der Waals surface area contributed by atoms with Crippen molar-refractivity contribution >= 4 is 39.7 Å². The van der Waals surface area contributed by atoms with Crippen molar-refractivity contribution in [3.8, 4) is 11.5 Å². The minimum Gasteiger partial charge on any atom is -0.497 e. The van der Waals surface area contributed by atoms with Gasteiger partial charge in [-0.15, -0.1) is 0 Å². The maximum absolute atomic E-state index is 12.4. The van der Waals surface area contributed by atoms with Gasteiger partial charge in [0, 0.05) is 10.6 Å². The van der Waals surface area contributed by atoms with Crippen molar-refractivity contribution in [3.05, 3.63) is 94.6 Å². The van der Waals surface area contributed by atoms with Gasteiger partial charge in [-0.25, -0.2) is 9.79 Å². The summed E-state index contributed by atoms with van der Waals surface area (Å²) in [5.74, 6) is 0.261. The van der Waals surface area contributed by atoms with E-state index in [2.05, 4.69) is 4.99 Å². The number of esters is 1. The molecule has 3 aromatic carbocycles. The lowest BCUT2D eigenvalue weighted by Gasteiger charge is -2.08. The third kappa shape index (κ3) is 4.82. The quantitative estimate of drug-likeness (QED) is 0.301. The summed E-state index contributed by atoms with van der Waals surface area (Å²) in [4.78, 5) is 16.4. The number of carbonyl (C=O) groups is 1. The fourth-order valence-electron chi connectivity index (χ4n) is 2.82. The Balaban J connectivity index is 1.50. The van der Waals surface area contributed by atoms with Crippen molar-refractivity contribution in [1.82, 2.24) is 0 Å². The molecule has 0 saturated carbocycles. The number of hydrogen-bond acceptors (Lipinski definition) is 7. The SMILES string of the molecule is COc1ccc(S(=O)(=O)Oc2ccc(C=C3N=C(c4ccc(Cl)cc4)OC3=O)cc2)cc1. The second kappa shape index (κ2) is 8.86. The van der Waals surface area contributed by atoms with Crippen molar-refractivity contribution in [2.45, 2.75) is 4.90 Å². The molecule has 1 aliphatic heterocycles. The first kappa shape index (κ1) is 21.6. The molecular formula is C23H16ClNO6S. The minimum absolute atomic E-state index is 0.00209. The summed E-state index contributed by atoms with van der Waals surface area (Å²) in [5, 5.41) is 0.561. The van der Waals surface area contributed by atoms with Crippen molar-refractivity contribution < 1.29 is 26.9 Å². The lowest BCUT2D eigenvalue weighted by atomic mass is 10.2. The lowest BCUT2D eigenvalue weighted by Crippen LogP contribution is -2.09. The van der Waals surface area contributed by atoms with Crippen LogP contribution >= 0.6 is 11.6 Å². The van der Waals surface area contributed by atoms with Gasteiger partial charge in [-0.05, 0) is 72.3 Å². The van der Waals surface area contributed by atoms with E-state index in [1.807, 2.05) is 0 Å². The molecule has 9 heteroatoms. The molecule has 0 saturated heterocycles. The van der Waals surface area contributed by atoms with E-state index in [0.29, 0.717) is 21.9 Å². The summed E-state index contributed by atoms with van der Waals surface area (Å²) in [7, 11) is -2.51. The number of nitrogens with zero attached hydrogens (tertiary/aromatic N) is 1. The van der Waals surface area contributed by atoms with Crippen LogP contribution in [0.5, 0.6) is 11.5 Å². The van der Waals surface area contributed by atoms with Crippen LogP contribution < -0.4 is 8.92 Å². The van der Waals surface area contributed by atoms with Crippen LogP contribution in [0.15, 0.2) is 88.4 Å². The number of hydrogen-bond donors (Lipinski definition) is 0.